The molecule has 1 aliphatic rings. The summed E-state index contributed by atoms with van der Waals surface area (Å²) in [5, 5.41) is 0.218. The number of sulfonamides is 1. The summed E-state index contributed by atoms with van der Waals surface area (Å²) in [5.41, 5.74) is 0. The summed E-state index contributed by atoms with van der Waals surface area (Å²) < 4.78 is 26.9. The Morgan fingerprint density at radius 3 is 2.17 bits per heavy atom. The van der Waals surface area contributed by atoms with E-state index >= 15 is 0 Å². The molecule has 0 radical (unpaired) electrons. The molecule has 1 aromatic carbocycles. The van der Waals surface area contributed by atoms with Gasteiger partial charge in [-0.3, -0.25) is 4.79 Å². The van der Waals surface area contributed by atoms with Crippen molar-refractivity contribution in [2.45, 2.75) is 31.6 Å². The van der Waals surface area contributed by atoms with Crippen LogP contribution in [-0.4, -0.2) is 49.7 Å². The van der Waals surface area contributed by atoms with E-state index in [-0.39, 0.29) is 33.9 Å². The van der Waals surface area contributed by atoms with Crippen molar-refractivity contribution >= 4 is 39.1 Å². The summed E-state index contributed by atoms with van der Waals surface area (Å²) in [7, 11) is -3.77. The Kier molecular flexibility index (Phi) is 6.53. The normalized spacial score (nSPS) is 16.6. The zero-order valence-corrected chi connectivity index (χ0v) is 16.2. The minimum atomic E-state index is -3.77. The van der Waals surface area contributed by atoms with Gasteiger partial charge in [-0.15, -0.1) is 0 Å². The lowest BCUT2D eigenvalue weighted by molar-refractivity contribution is -0.132. The average molecular weight is 393 g/mol. The van der Waals surface area contributed by atoms with E-state index in [9.17, 15) is 13.2 Å². The molecule has 0 saturated carbocycles. The highest BCUT2D eigenvalue weighted by atomic mass is 35.5. The molecule has 1 fully saturated rings. The second kappa shape index (κ2) is 8.04. The number of piperazine rings is 1. The van der Waals surface area contributed by atoms with Gasteiger partial charge in [0.05, 0.1) is 10.0 Å². The minimum Gasteiger partial charge on any atom is -0.340 e. The van der Waals surface area contributed by atoms with Gasteiger partial charge >= 0.3 is 0 Å². The number of carbonyl (C=O) groups is 1. The van der Waals surface area contributed by atoms with E-state index in [1.807, 2.05) is 0 Å². The highest BCUT2D eigenvalue weighted by Crippen LogP contribution is 2.31. The molecule has 0 aliphatic carbocycles. The SMILES string of the molecule is CC(C)CCC(=O)N1CCN(S(=O)(=O)c2c(Cl)cccc2Cl)CC1. The maximum absolute atomic E-state index is 12.8. The van der Waals surface area contributed by atoms with Crippen LogP contribution in [-0.2, 0) is 14.8 Å². The molecule has 24 heavy (non-hydrogen) atoms. The topological polar surface area (TPSA) is 57.7 Å². The lowest BCUT2D eigenvalue weighted by atomic mass is 10.1. The third-order valence-corrected chi connectivity index (χ3v) is 6.90. The molecule has 0 spiro atoms. The smallest absolute Gasteiger partial charge is 0.246 e. The standard InChI is InChI=1S/C16H22Cl2N2O3S/c1-12(2)6-7-15(21)19-8-10-20(11-9-19)24(22,23)16-13(17)4-3-5-14(16)18/h3-5,12H,6-11H2,1-2H3. The van der Waals surface area contributed by atoms with Gasteiger partial charge in [0, 0.05) is 32.6 Å². The monoisotopic (exact) mass is 392 g/mol. The highest BCUT2D eigenvalue weighted by Gasteiger charge is 2.32. The summed E-state index contributed by atoms with van der Waals surface area (Å²) >= 11 is 12.1. The number of carbonyl (C=O) groups excluding carboxylic acids is 1. The van der Waals surface area contributed by atoms with Gasteiger partial charge in [0.1, 0.15) is 4.90 Å². The summed E-state index contributed by atoms with van der Waals surface area (Å²) in [6.07, 6.45) is 1.34. The van der Waals surface area contributed by atoms with Crippen LogP contribution in [0.25, 0.3) is 0 Å². The molecule has 0 N–H and O–H groups in total. The van der Waals surface area contributed by atoms with Crippen molar-refractivity contribution in [2.24, 2.45) is 5.92 Å². The van der Waals surface area contributed by atoms with Crippen LogP contribution in [0.5, 0.6) is 0 Å². The number of hydrogen-bond acceptors (Lipinski definition) is 3. The van der Waals surface area contributed by atoms with Crippen molar-refractivity contribution in [2.75, 3.05) is 26.2 Å². The first-order valence-electron chi connectivity index (χ1n) is 7.95. The fourth-order valence-electron chi connectivity index (χ4n) is 2.61. The Hall–Kier alpha value is -0.820. The molecule has 1 heterocycles. The molecule has 1 aromatic rings. The van der Waals surface area contributed by atoms with Gasteiger partial charge in [0.25, 0.3) is 0 Å². The van der Waals surface area contributed by atoms with E-state index in [4.69, 9.17) is 23.2 Å². The van der Waals surface area contributed by atoms with Crippen LogP contribution in [0.15, 0.2) is 23.1 Å². The lowest BCUT2D eigenvalue weighted by Gasteiger charge is -2.34. The predicted octanol–water partition coefficient (Wildman–Crippen LogP) is 3.26. The molecule has 1 aliphatic heterocycles. The van der Waals surface area contributed by atoms with Gasteiger partial charge < -0.3 is 4.90 Å². The fourth-order valence-corrected chi connectivity index (χ4v) is 5.12. The Morgan fingerprint density at radius 1 is 1.12 bits per heavy atom. The maximum atomic E-state index is 12.8. The Balaban J connectivity index is 2.05. The van der Waals surface area contributed by atoms with Gasteiger partial charge in [-0.2, -0.15) is 4.31 Å². The van der Waals surface area contributed by atoms with Crippen LogP contribution in [0.2, 0.25) is 10.0 Å². The molecule has 0 aromatic heterocycles. The van der Waals surface area contributed by atoms with E-state index in [0.717, 1.165) is 6.42 Å². The van der Waals surface area contributed by atoms with Crippen molar-refractivity contribution in [1.82, 2.24) is 9.21 Å². The van der Waals surface area contributed by atoms with Gasteiger partial charge in [-0.1, -0.05) is 43.1 Å². The second-order valence-corrected chi connectivity index (χ2v) is 8.96. The van der Waals surface area contributed by atoms with Crippen LogP contribution in [0, 0.1) is 5.92 Å². The lowest BCUT2D eigenvalue weighted by Crippen LogP contribution is -2.50. The van der Waals surface area contributed by atoms with Gasteiger partial charge in [0.15, 0.2) is 0 Å². The first-order chi connectivity index (χ1) is 11.2. The zero-order valence-electron chi connectivity index (χ0n) is 13.8. The molecule has 0 atom stereocenters. The van der Waals surface area contributed by atoms with Crippen LogP contribution >= 0.6 is 23.2 Å². The minimum absolute atomic E-state index is 0.0621. The molecule has 1 amide bonds. The molecule has 8 heteroatoms. The summed E-state index contributed by atoms with van der Waals surface area (Å²) in [5.74, 6) is 0.550. The number of nitrogens with zero attached hydrogens (tertiary/aromatic N) is 2. The van der Waals surface area contributed by atoms with E-state index < -0.39 is 10.0 Å². The van der Waals surface area contributed by atoms with Crippen LogP contribution in [0.3, 0.4) is 0 Å². The molecule has 0 bridgehead atoms. The van der Waals surface area contributed by atoms with Gasteiger partial charge in [-0.05, 0) is 24.5 Å². The van der Waals surface area contributed by atoms with E-state index in [0.29, 0.717) is 25.4 Å². The molecule has 0 unspecified atom stereocenters. The fraction of sp³-hybridized carbons (Fsp3) is 0.562. The van der Waals surface area contributed by atoms with E-state index in [2.05, 4.69) is 13.8 Å². The first-order valence-corrected chi connectivity index (χ1v) is 10.1. The average Bonchev–Trinajstić information content (AvgIpc) is 2.52. The Bertz CT molecular complexity index is 679. The van der Waals surface area contributed by atoms with Crippen molar-refractivity contribution in [3.8, 4) is 0 Å². The summed E-state index contributed by atoms with van der Waals surface area (Å²) in [6, 6.07) is 4.62. The van der Waals surface area contributed by atoms with Gasteiger partial charge in [-0.25, -0.2) is 8.42 Å². The van der Waals surface area contributed by atoms with Crippen LogP contribution < -0.4 is 0 Å². The van der Waals surface area contributed by atoms with Crippen molar-refractivity contribution in [1.29, 1.82) is 0 Å². The number of hydrogen-bond donors (Lipinski definition) is 0. The quantitative estimate of drug-likeness (QED) is 0.772. The van der Waals surface area contributed by atoms with E-state index in [1.54, 1.807) is 11.0 Å². The largest absolute Gasteiger partial charge is 0.340 e. The Morgan fingerprint density at radius 2 is 1.67 bits per heavy atom. The number of rotatable bonds is 5. The van der Waals surface area contributed by atoms with Crippen LogP contribution in [0.1, 0.15) is 26.7 Å². The predicted molar refractivity (Wildman–Crippen MR) is 95.9 cm³/mol. The van der Waals surface area contributed by atoms with Crippen molar-refractivity contribution in [3.05, 3.63) is 28.2 Å². The van der Waals surface area contributed by atoms with Crippen molar-refractivity contribution < 1.29 is 13.2 Å². The maximum Gasteiger partial charge on any atom is 0.246 e. The Labute approximate surface area is 153 Å². The molecular formula is C16H22Cl2N2O3S. The summed E-state index contributed by atoms with van der Waals surface area (Å²) in [4.78, 5) is 13.8. The summed E-state index contributed by atoms with van der Waals surface area (Å²) in [6.45, 7) is 5.42. The van der Waals surface area contributed by atoms with Gasteiger partial charge in [0.2, 0.25) is 15.9 Å². The van der Waals surface area contributed by atoms with Crippen molar-refractivity contribution in [3.63, 3.8) is 0 Å². The zero-order chi connectivity index (χ0) is 17.9. The third-order valence-electron chi connectivity index (χ3n) is 4.04. The second-order valence-electron chi connectivity index (χ2n) is 6.27. The molecule has 1 saturated heterocycles. The van der Waals surface area contributed by atoms with Crippen LogP contribution in [0.4, 0.5) is 0 Å². The molecular weight excluding hydrogens is 371 g/mol. The third kappa shape index (κ3) is 4.42. The number of benzene rings is 1. The number of amides is 1. The highest BCUT2D eigenvalue weighted by molar-refractivity contribution is 7.89. The first kappa shape index (κ1) is 19.5. The molecule has 134 valence electrons. The molecule has 5 nitrogen and oxygen atoms in total. The van der Waals surface area contributed by atoms with E-state index in [1.165, 1.54) is 16.4 Å². The number of halogens is 2. The molecule has 2 rings (SSSR count).